The zero-order valence-electron chi connectivity index (χ0n) is 17.3. The highest BCUT2D eigenvalue weighted by Gasteiger charge is 2.18. The number of aromatic nitrogens is 2. The quantitative estimate of drug-likeness (QED) is 0.520. The smallest absolute Gasteiger partial charge is 0.255 e. The van der Waals surface area contributed by atoms with Crippen molar-refractivity contribution in [3.63, 3.8) is 0 Å². The first-order valence-corrected chi connectivity index (χ1v) is 9.94. The van der Waals surface area contributed by atoms with Gasteiger partial charge in [-0.05, 0) is 41.5 Å². The molecule has 2 aromatic carbocycles. The number of methoxy groups -OCH3 is 1. The first-order chi connectivity index (χ1) is 14.6. The van der Waals surface area contributed by atoms with Crippen LogP contribution in [0, 0.1) is 5.82 Å². The second kappa shape index (κ2) is 8.21. The number of fused-ring (bicyclic) bond motifs is 3. The van der Waals surface area contributed by atoms with E-state index in [9.17, 15) is 9.18 Å². The van der Waals surface area contributed by atoms with Crippen LogP contribution in [-0.4, -0.2) is 22.8 Å². The van der Waals surface area contributed by atoms with Crippen LogP contribution in [0.3, 0.4) is 0 Å². The Morgan fingerprint density at radius 2 is 1.94 bits per heavy atom. The number of rotatable bonds is 3. The Morgan fingerprint density at radius 3 is 2.71 bits per heavy atom. The molecule has 0 radical (unpaired) electrons. The van der Waals surface area contributed by atoms with Crippen molar-refractivity contribution in [2.45, 2.75) is 13.0 Å². The van der Waals surface area contributed by atoms with E-state index in [1.807, 2.05) is 12.1 Å². The van der Waals surface area contributed by atoms with Crippen LogP contribution in [0.1, 0.15) is 11.3 Å². The van der Waals surface area contributed by atoms with Gasteiger partial charge in [0.15, 0.2) is 0 Å². The summed E-state index contributed by atoms with van der Waals surface area (Å²) in [4.78, 5) is 12.9. The minimum absolute atomic E-state index is 0. The van der Waals surface area contributed by atoms with Gasteiger partial charge in [0.05, 0.1) is 18.3 Å². The van der Waals surface area contributed by atoms with Crippen molar-refractivity contribution in [3.05, 3.63) is 82.2 Å². The number of nitrogens with one attached hydrogen (secondary N) is 1. The van der Waals surface area contributed by atoms with E-state index >= 15 is 0 Å². The summed E-state index contributed by atoms with van der Waals surface area (Å²) in [7, 11) is 3.58. The van der Waals surface area contributed by atoms with Gasteiger partial charge in [-0.2, -0.15) is 0 Å². The number of aryl methyl sites for hydroxylation is 1. The van der Waals surface area contributed by atoms with Gasteiger partial charge in [-0.3, -0.25) is 9.36 Å². The fourth-order valence-electron chi connectivity index (χ4n) is 4.41. The molecule has 3 heterocycles. The number of pyridine rings is 1. The lowest BCUT2D eigenvalue weighted by Crippen LogP contribution is -2.24. The van der Waals surface area contributed by atoms with E-state index in [0.29, 0.717) is 16.9 Å². The lowest BCUT2D eigenvalue weighted by molar-refractivity contribution is 0.413. The Hall–Kier alpha value is -3.09. The molecule has 0 atom stereocenters. The molecule has 0 unspecified atom stereocenters. The molecular weight excluding hydrogens is 417 g/mol. The van der Waals surface area contributed by atoms with Gasteiger partial charge in [0, 0.05) is 61.5 Å². The molecule has 1 N–H and O–H groups in total. The highest BCUT2D eigenvalue weighted by molar-refractivity contribution is 5.87. The zero-order valence-corrected chi connectivity index (χ0v) is 18.1. The lowest BCUT2D eigenvalue weighted by Gasteiger charge is -2.14. The topological polar surface area (TPSA) is 48.2 Å². The lowest BCUT2D eigenvalue weighted by atomic mass is 10.1. The summed E-state index contributed by atoms with van der Waals surface area (Å²) in [6.45, 7) is 1.86. The first kappa shape index (κ1) is 21.2. The Morgan fingerprint density at radius 1 is 1.10 bits per heavy atom. The van der Waals surface area contributed by atoms with Crippen LogP contribution in [0.2, 0.25) is 0 Å². The molecule has 2 aromatic heterocycles. The van der Waals surface area contributed by atoms with Crippen molar-refractivity contribution in [2.75, 3.05) is 13.7 Å². The molecule has 0 amide bonds. The second-order valence-electron chi connectivity index (χ2n) is 7.58. The Balaban J connectivity index is 0.00000231. The molecule has 7 heteroatoms. The summed E-state index contributed by atoms with van der Waals surface area (Å²) in [5.41, 5.74) is 5.85. The molecule has 31 heavy (non-hydrogen) atoms. The van der Waals surface area contributed by atoms with Crippen molar-refractivity contribution in [1.29, 1.82) is 0 Å². The number of halogens is 2. The van der Waals surface area contributed by atoms with E-state index < -0.39 is 0 Å². The van der Waals surface area contributed by atoms with Crippen LogP contribution in [0.4, 0.5) is 4.39 Å². The number of ether oxygens (including phenoxy) is 1. The molecular formula is C24H23ClFN3O2. The second-order valence-corrected chi connectivity index (χ2v) is 7.58. The Kier molecular flexibility index (Phi) is 5.60. The summed E-state index contributed by atoms with van der Waals surface area (Å²) < 4.78 is 22.7. The predicted molar refractivity (Wildman–Crippen MR) is 123 cm³/mol. The number of hydrogen-bond acceptors (Lipinski definition) is 3. The van der Waals surface area contributed by atoms with Crippen molar-refractivity contribution in [3.8, 4) is 22.6 Å². The largest absolute Gasteiger partial charge is 0.496 e. The van der Waals surface area contributed by atoms with E-state index in [4.69, 9.17) is 4.74 Å². The van der Waals surface area contributed by atoms with Gasteiger partial charge in [-0.15, -0.1) is 12.4 Å². The Labute approximate surface area is 185 Å². The van der Waals surface area contributed by atoms with Gasteiger partial charge in [0.2, 0.25) is 0 Å². The van der Waals surface area contributed by atoms with Gasteiger partial charge in [-0.25, -0.2) is 4.39 Å². The monoisotopic (exact) mass is 439 g/mol. The van der Waals surface area contributed by atoms with Gasteiger partial charge >= 0.3 is 0 Å². The molecule has 1 aliphatic rings. The van der Waals surface area contributed by atoms with Gasteiger partial charge in [0.25, 0.3) is 5.56 Å². The highest BCUT2D eigenvalue weighted by atomic mass is 35.5. The molecule has 5 nitrogen and oxygen atoms in total. The average molecular weight is 440 g/mol. The fraction of sp³-hybridized carbons (Fsp3) is 0.208. The molecule has 0 aliphatic carbocycles. The van der Waals surface area contributed by atoms with Crippen LogP contribution in [-0.2, 0) is 20.0 Å². The third-order valence-corrected chi connectivity index (χ3v) is 5.93. The summed E-state index contributed by atoms with van der Waals surface area (Å²) in [6, 6.07) is 13.9. The SMILES string of the molecule is COc1cc(F)ccc1-c1ccn(-c2ccc3c4c(n(C)c3c2)CCNC4)c(=O)c1.Cl. The van der Waals surface area contributed by atoms with E-state index in [2.05, 4.69) is 29.1 Å². The Bertz CT molecular complexity index is 1340. The van der Waals surface area contributed by atoms with Gasteiger partial charge in [0.1, 0.15) is 11.6 Å². The summed E-state index contributed by atoms with van der Waals surface area (Å²) >= 11 is 0. The average Bonchev–Trinajstić information content (AvgIpc) is 3.05. The minimum Gasteiger partial charge on any atom is -0.496 e. The predicted octanol–water partition coefficient (Wildman–Crippen LogP) is 4.21. The first-order valence-electron chi connectivity index (χ1n) is 9.94. The van der Waals surface area contributed by atoms with Crippen LogP contribution < -0.4 is 15.6 Å². The van der Waals surface area contributed by atoms with E-state index in [1.165, 1.54) is 35.9 Å². The highest BCUT2D eigenvalue weighted by Crippen LogP contribution is 2.31. The molecule has 0 saturated carbocycles. The van der Waals surface area contributed by atoms with Crippen molar-refractivity contribution in [1.82, 2.24) is 14.5 Å². The van der Waals surface area contributed by atoms with Gasteiger partial charge in [-0.1, -0.05) is 6.07 Å². The molecule has 5 rings (SSSR count). The summed E-state index contributed by atoms with van der Waals surface area (Å²) in [5, 5.41) is 4.66. The standard InChI is InChI=1S/C24H22FN3O2.ClH/c1-27-21-7-9-26-14-20(21)19-6-4-17(13-22(19)27)28-10-8-15(11-24(28)29)18-5-3-16(25)12-23(18)30-2;/h3-6,8,10-13,26H,7,9,14H2,1-2H3;1H. The summed E-state index contributed by atoms with van der Waals surface area (Å²) in [5.74, 6) is 0.0225. The fourth-order valence-corrected chi connectivity index (χ4v) is 4.41. The van der Waals surface area contributed by atoms with Crippen LogP contribution in [0.5, 0.6) is 5.75 Å². The maximum atomic E-state index is 13.5. The molecule has 160 valence electrons. The molecule has 1 aliphatic heterocycles. The maximum Gasteiger partial charge on any atom is 0.255 e. The van der Waals surface area contributed by atoms with E-state index in [1.54, 1.807) is 22.9 Å². The third-order valence-electron chi connectivity index (χ3n) is 5.93. The normalized spacial score (nSPS) is 13.0. The van der Waals surface area contributed by atoms with Crippen LogP contribution >= 0.6 is 12.4 Å². The van der Waals surface area contributed by atoms with Crippen molar-refractivity contribution < 1.29 is 9.13 Å². The zero-order chi connectivity index (χ0) is 20.8. The molecule has 4 aromatic rings. The molecule has 0 saturated heterocycles. The number of nitrogens with zero attached hydrogens (tertiary/aromatic N) is 2. The summed E-state index contributed by atoms with van der Waals surface area (Å²) in [6.07, 6.45) is 2.76. The molecule has 0 bridgehead atoms. The molecule has 0 fully saturated rings. The minimum atomic E-state index is -0.377. The van der Waals surface area contributed by atoms with Gasteiger partial charge < -0.3 is 14.6 Å². The number of benzene rings is 2. The van der Waals surface area contributed by atoms with E-state index in [0.717, 1.165) is 30.7 Å². The molecule has 0 spiro atoms. The van der Waals surface area contributed by atoms with E-state index in [-0.39, 0.29) is 23.8 Å². The van der Waals surface area contributed by atoms with Crippen LogP contribution in [0.25, 0.3) is 27.7 Å². The van der Waals surface area contributed by atoms with Crippen LogP contribution in [0.15, 0.2) is 59.5 Å². The maximum absolute atomic E-state index is 13.5. The third kappa shape index (κ3) is 3.52. The van der Waals surface area contributed by atoms with Crippen molar-refractivity contribution in [2.24, 2.45) is 7.05 Å². The number of hydrogen-bond donors (Lipinski definition) is 1. The van der Waals surface area contributed by atoms with Crippen molar-refractivity contribution >= 4 is 23.3 Å².